The smallest absolute Gasteiger partial charge is 0.314 e. The van der Waals surface area contributed by atoms with Crippen LogP contribution in [-0.2, 0) is 16.1 Å². The van der Waals surface area contributed by atoms with E-state index in [1.165, 1.54) is 19.3 Å². The fraction of sp³-hybridized carbons (Fsp3) is 0.500. The zero-order valence-corrected chi connectivity index (χ0v) is 15.8. The molecular formula is C18H25N5O2S. The van der Waals surface area contributed by atoms with Gasteiger partial charge in [0.05, 0.1) is 12.7 Å². The monoisotopic (exact) mass is 375 g/mol. The van der Waals surface area contributed by atoms with Crippen LogP contribution in [0.4, 0.5) is 5.82 Å². The molecule has 1 atom stereocenters. The van der Waals surface area contributed by atoms with Crippen LogP contribution in [0, 0.1) is 0 Å². The summed E-state index contributed by atoms with van der Waals surface area (Å²) in [7, 11) is 0. The van der Waals surface area contributed by atoms with Crippen LogP contribution in [0.5, 0.6) is 0 Å². The van der Waals surface area contributed by atoms with E-state index in [1.54, 1.807) is 28.3 Å². The Hall–Kier alpha value is -2.19. The van der Waals surface area contributed by atoms with Crippen molar-refractivity contribution in [3.8, 4) is 0 Å². The molecule has 0 bridgehead atoms. The minimum absolute atomic E-state index is 0.477. The first-order valence-electron chi connectivity index (χ1n) is 9.01. The number of rotatable bonds is 6. The number of carbonyl (C=O) groups excluding carboxylic acids is 2. The van der Waals surface area contributed by atoms with Gasteiger partial charge in [-0.2, -0.15) is 5.10 Å². The Bertz CT molecular complexity index is 728. The predicted octanol–water partition coefficient (Wildman–Crippen LogP) is 1.92. The topological polar surface area (TPSA) is 79.3 Å². The average molecular weight is 375 g/mol. The summed E-state index contributed by atoms with van der Waals surface area (Å²) >= 11 is 1.62. The molecule has 2 aromatic rings. The van der Waals surface area contributed by atoms with Gasteiger partial charge in [-0.3, -0.25) is 14.5 Å². The van der Waals surface area contributed by atoms with Crippen molar-refractivity contribution in [3.63, 3.8) is 0 Å². The molecule has 7 nitrogen and oxygen atoms in total. The molecule has 3 heterocycles. The van der Waals surface area contributed by atoms with Crippen molar-refractivity contribution < 1.29 is 9.59 Å². The van der Waals surface area contributed by atoms with Crippen LogP contribution in [0.1, 0.15) is 31.1 Å². The summed E-state index contributed by atoms with van der Waals surface area (Å²) in [5, 5.41) is 11.5. The number of hydrogen-bond donors (Lipinski definition) is 2. The molecular weight excluding hydrogens is 350 g/mol. The SMILES string of the molecule is C[C@H]1CCCCN1CCNC(=O)C(=O)Nc1ccnn1Cc1cccs1. The summed E-state index contributed by atoms with van der Waals surface area (Å²) in [5.74, 6) is -0.758. The second kappa shape index (κ2) is 8.95. The minimum atomic E-state index is -0.662. The van der Waals surface area contributed by atoms with Gasteiger partial charge in [-0.15, -0.1) is 11.3 Å². The lowest BCUT2D eigenvalue weighted by atomic mass is 10.0. The second-order valence-electron chi connectivity index (χ2n) is 6.54. The first-order valence-corrected chi connectivity index (χ1v) is 9.89. The van der Waals surface area contributed by atoms with Gasteiger partial charge < -0.3 is 10.6 Å². The molecule has 0 spiro atoms. The highest BCUT2D eigenvalue weighted by Gasteiger charge is 2.19. The third kappa shape index (κ3) is 4.92. The molecule has 1 saturated heterocycles. The highest BCUT2D eigenvalue weighted by Crippen LogP contribution is 2.15. The summed E-state index contributed by atoms with van der Waals surface area (Å²) in [4.78, 5) is 27.7. The number of piperidine rings is 1. The van der Waals surface area contributed by atoms with Gasteiger partial charge in [0.1, 0.15) is 5.82 Å². The Kier molecular flexibility index (Phi) is 6.40. The highest BCUT2D eigenvalue weighted by molar-refractivity contribution is 7.09. The molecule has 140 valence electrons. The van der Waals surface area contributed by atoms with Crippen LogP contribution in [0.2, 0.25) is 0 Å². The second-order valence-corrected chi connectivity index (χ2v) is 7.58. The van der Waals surface area contributed by atoms with E-state index in [9.17, 15) is 9.59 Å². The highest BCUT2D eigenvalue weighted by atomic mass is 32.1. The Morgan fingerprint density at radius 2 is 2.19 bits per heavy atom. The van der Waals surface area contributed by atoms with Crippen LogP contribution >= 0.6 is 11.3 Å². The number of nitrogens with one attached hydrogen (secondary N) is 2. The lowest BCUT2D eigenvalue weighted by Gasteiger charge is -2.33. The van der Waals surface area contributed by atoms with Crippen molar-refractivity contribution >= 4 is 29.0 Å². The van der Waals surface area contributed by atoms with E-state index in [1.807, 2.05) is 17.5 Å². The minimum Gasteiger partial charge on any atom is -0.347 e. The van der Waals surface area contributed by atoms with E-state index in [0.29, 0.717) is 24.9 Å². The van der Waals surface area contributed by atoms with Gasteiger partial charge >= 0.3 is 11.8 Å². The molecule has 26 heavy (non-hydrogen) atoms. The van der Waals surface area contributed by atoms with E-state index in [4.69, 9.17) is 0 Å². The summed E-state index contributed by atoms with van der Waals surface area (Å²) in [6, 6.07) is 6.21. The van der Waals surface area contributed by atoms with Gasteiger partial charge in [0, 0.05) is 30.1 Å². The summed E-state index contributed by atoms with van der Waals surface area (Å²) < 4.78 is 1.67. The Morgan fingerprint density at radius 1 is 1.31 bits per heavy atom. The lowest BCUT2D eigenvalue weighted by Crippen LogP contribution is -2.44. The fourth-order valence-electron chi connectivity index (χ4n) is 3.17. The van der Waals surface area contributed by atoms with Gasteiger partial charge in [-0.05, 0) is 37.8 Å². The maximum absolute atomic E-state index is 12.1. The van der Waals surface area contributed by atoms with E-state index < -0.39 is 11.8 Å². The van der Waals surface area contributed by atoms with Gasteiger partial charge in [-0.1, -0.05) is 12.5 Å². The summed E-state index contributed by atoms with van der Waals surface area (Å²) in [6.45, 7) is 5.09. The van der Waals surface area contributed by atoms with Crippen molar-refractivity contribution in [3.05, 3.63) is 34.7 Å². The Morgan fingerprint density at radius 3 is 2.96 bits per heavy atom. The van der Waals surface area contributed by atoms with E-state index in [2.05, 4.69) is 27.6 Å². The molecule has 1 aliphatic heterocycles. The van der Waals surface area contributed by atoms with E-state index in [0.717, 1.165) is 18.0 Å². The largest absolute Gasteiger partial charge is 0.347 e. The first kappa shape index (κ1) is 18.6. The van der Waals surface area contributed by atoms with Crippen molar-refractivity contribution in [2.24, 2.45) is 0 Å². The zero-order chi connectivity index (χ0) is 18.4. The van der Waals surface area contributed by atoms with E-state index >= 15 is 0 Å². The summed E-state index contributed by atoms with van der Waals surface area (Å²) in [6.07, 6.45) is 5.28. The normalized spacial score (nSPS) is 17.8. The molecule has 0 unspecified atom stereocenters. The van der Waals surface area contributed by atoms with Crippen molar-refractivity contribution in [2.45, 2.75) is 38.8 Å². The maximum atomic E-state index is 12.1. The third-order valence-electron chi connectivity index (χ3n) is 4.68. The van der Waals surface area contributed by atoms with Gasteiger partial charge in [0.25, 0.3) is 0 Å². The molecule has 2 N–H and O–H groups in total. The van der Waals surface area contributed by atoms with Crippen LogP contribution in [0.3, 0.4) is 0 Å². The molecule has 2 amide bonds. The molecule has 0 aliphatic carbocycles. The van der Waals surface area contributed by atoms with Gasteiger partial charge in [-0.25, -0.2) is 4.68 Å². The van der Waals surface area contributed by atoms with Gasteiger partial charge in [0.15, 0.2) is 0 Å². The van der Waals surface area contributed by atoms with Crippen molar-refractivity contribution in [1.82, 2.24) is 20.0 Å². The lowest BCUT2D eigenvalue weighted by molar-refractivity contribution is -0.136. The number of amides is 2. The molecule has 1 aliphatic rings. The number of aromatic nitrogens is 2. The zero-order valence-electron chi connectivity index (χ0n) is 15.0. The predicted molar refractivity (Wildman–Crippen MR) is 102 cm³/mol. The van der Waals surface area contributed by atoms with Crippen molar-refractivity contribution in [2.75, 3.05) is 25.0 Å². The number of likely N-dealkylation sites (tertiary alicyclic amines) is 1. The quantitative estimate of drug-likeness (QED) is 0.756. The number of anilines is 1. The molecule has 2 aromatic heterocycles. The number of nitrogens with zero attached hydrogens (tertiary/aromatic N) is 3. The first-order chi connectivity index (χ1) is 12.6. The molecule has 0 radical (unpaired) electrons. The van der Waals surface area contributed by atoms with E-state index in [-0.39, 0.29) is 0 Å². The molecule has 8 heteroatoms. The Balaban J connectivity index is 1.46. The Labute approximate surface area is 157 Å². The average Bonchev–Trinajstić information content (AvgIpc) is 3.29. The third-order valence-corrected chi connectivity index (χ3v) is 5.54. The van der Waals surface area contributed by atoms with Crippen LogP contribution in [0.15, 0.2) is 29.8 Å². The molecule has 3 rings (SSSR count). The standard InChI is InChI=1S/C18H25N5O2S/c1-14-5-2-3-10-22(14)11-9-19-17(24)18(25)21-16-7-8-20-23(16)13-15-6-4-12-26-15/h4,6-8,12,14H,2-3,5,9-11,13H2,1H3,(H,19,24)(H,21,25)/t14-/m0/s1. The number of thiophene rings is 1. The maximum Gasteiger partial charge on any atom is 0.314 e. The summed E-state index contributed by atoms with van der Waals surface area (Å²) in [5.41, 5.74) is 0. The molecule has 1 fully saturated rings. The van der Waals surface area contributed by atoms with Gasteiger partial charge in [0.2, 0.25) is 0 Å². The van der Waals surface area contributed by atoms with Crippen molar-refractivity contribution in [1.29, 1.82) is 0 Å². The fourth-order valence-corrected chi connectivity index (χ4v) is 3.86. The number of carbonyl (C=O) groups is 2. The molecule has 0 aromatic carbocycles. The number of hydrogen-bond acceptors (Lipinski definition) is 5. The van der Waals surface area contributed by atoms with Crippen LogP contribution in [-0.4, -0.2) is 52.2 Å². The molecule has 0 saturated carbocycles. The van der Waals surface area contributed by atoms with Crippen LogP contribution in [0.25, 0.3) is 0 Å². The van der Waals surface area contributed by atoms with Crippen LogP contribution < -0.4 is 10.6 Å².